The van der Waals surface area contributed by atoms with E-state index in [4.69, 9.17) is 21.3 Å². The van der Waals surface area contributed by atoms with Crippen LogP contribution in [-0.4, -0.2) is 64.8 Å². The lowest BCUT2D eigenvalue weighted by atomic mass is 9.91. The lowest BCUT2D eigenvalue weighted by molar-refractivity contribution is -0.160. The van der Waals surface area contributed by atoms with Crippen LogP contribution in [0.5, 0.6) is 0 Å². The average Bonchev–Trinajstić information content (AvgIpc) is 3.43. The van der Waals surface area contributed by atoms with Crippen molar-refractivity contribution in [3.63, 3.8) is 0 Å². The van der Waals surface area contributed by atoms with E-state index in [2.05, 4.69) is 46.1 Å². The molecule has 45 heavy (non-hydrogen) atoms. The molecule has 3 aromatic carbocycles. The summed E-state index contributed by atoms with van der Waals surface area (Å²) in [4.78, 5) is 27.1. The molecule has 232 valence electrons. The monoisotopic (exact) mass is 640 g/mol. The molecule has 0 saturated carbocycles. The van der Waals surface area contributed by atoms with Gasteiger partial charge in [0, 0.05) is 59.7 Å². The van der Waals surface area contributed by atoms with Crippen molar-refractivity contribution in [1.29, 1.82) is 0 Å². The third-order valence-electron chi connectivity index (χ3n) is 8.05. The van der Waals surface area contributed by atoms with E-state index >= 15 is 0 Å². The first-order valence-electron chi connectivity index (χ1n) is 15.1. The molecule has 6 rings (SSSR count). The number of aryl methyl sites for hydroxylation is 1. The van der Waals surface area contributed by atoms with Gasteiger partial charge in [-0.2, -0.15) is 0 Å². The maximum Gasteiger partial charge on any atom is 0.337 e. The zero-order valence-electron chi connectivity index (χ0n) is 26.2. The molecule has 0 unspecified atom stereocenters. The van der Waals surface area contributed by atoms with E-state index in [1.807, 2.05) is 76.5 Å². The van der Waals surface area contributed by atoms with Crippen LogP contribution in [0.4, 0.5) is 5.69 Å². The number of likely N-dealkylation sites (N-methyl/N-ethyl adjacent to an activating group) is 1. The smallest absolute Gasteiger partial charge is 0.337 e. The molecule has 0 aliphatic carbocycles. The number of pyridine rings is 1. The van der Waals surface area contributed by atoms with Crippen LogP contribution in [-0.2, 0) is 9.53 Å². The third kappa shape index (κ3) is 6.75. The van der Waals surface area contributed by atoms with Crippen LogP contribution in [0, 0.1) is 6.92 Å². The largest absolute Gasteiger partial charge is 0.479 e. The highest BCUT2D eigenvalue weighted by molar-refractivity contribution is 7.22. The molecule has 7 nitrogen and oxygen atoms in total. The summed E-state index contributed by atoms with van der Waals surface area (Å²) in [5.74, 6) is -1.03. The molecule has 1 fully saturated rings. The standard InChI is InChI=1S/C36H37ClN4O3S/c1-22-17-29-33(31(23-9-11-27(37)12-10-23)30(22)32(35(42)43)44-36(2,3)4)45-34(39-29)25-8-6-7-24(18-25)26-19-28(21-38-20-26)41-15-13-40(5)14-16-41/h6-12,17-21,32H,13-16H2,1-5H3,(H,42,43)/t32-/m0/s1. The SMILES string of the molecule is Cc1cc2nc(-c3cccc(-c4cncc(N5CCN(C)CC5)c4)c3)sc2c(-c2ccc(Cl)cc2)c1[C@H](OC(C)(C)C)C(=O)O. The van der Waals surface area contributed by atoms with Crippen LogP contribution in [0.15, 0.2) is 73.1 Å². The molecule has 1 aliphatic rings. The Hall–Kier alpha value is -3.82. The number of rotatable bonds is 7. The molecule has 1 atom stereocenters. The molecule has 5 aromatic rings. The van der Waals surface area contributed by atoms with E-state index in [0.29, 0.717) is 10.6 Å². The normalized spacial score (nSPS) is 15.0. The zero-order valence-corrected chi connectivity index (χ0v) is 27.7. The number of halogens is 1. The van der Waals surface area contributed by atoms with E-state index in [-0.39, 0.29) is 0 Å². The summed E-state index contributed by atoms with van der Waals surface area (Å²) in [6, 6.07) is 20.1. The summed E-state index contributed by atoms with van der Waals surface area (Å²) >= 11 is 7.81. The second kappa shape index (κ2) is 12.5. The molecular formula is C36H37ClN4O3S. The number of carboxylic acid groups (broad SMARTS) is 1. The summed E-state index contributed by atoms with van der Waals surface area (Å²) in [5, 5.41) is 11.8. The van der Waals surface area contributed by atoms with Gasteiger partial charge in [0.2, 0.25) is 0 Å². The number of piperazine rings is 1. The first kappa shape index (κ1) is 31.2. The van der Waals surface area contributed by atoms with Crippen molar-refractivity contribution >= 4 is 44.8 Å². The van der Waals surface area contributed by atoms with E-state index in [1.165, 1.54) is 0 Å². The van der Waals surface area contributed by atoms with Gasteiger partial charge in [-0.15, -0.1) is 11.3 Å². The van der Waals surface area contributed by atoms with Gasteiger partial charge in [-0.05, 0) is 81.8 Å². The molecule has 2 aromatic heterocycles. The van der Waals surface area contributed by atoms with Crippen molar-refractivity contribution in [2.45, 2.75) is 39.4 Å². The highest BCUT2D eigenvalue weighted by atomic mass is 35.5. The second-order valence-corrected chi connectivity index (χ2v) is 14.0. The van der Waals surface area contributed by atoms with Gasteiger partial charge < -0.3 is 19.6 Å². The molecule has 0 spiro atoms. The van der Waals surface area contributed by atoms with Gasteiger partial charge in [0.05, 0.1) is 27.7 Å². The number of nitrogens with zero attached hydrogens (tertiary/aromatic N) is 4. The maximum absolute atomic E-state index is 12.7. The first-order chi connectivity index (χ1) is 21.5. The fourth-order valence-electron chi connectivity index (χ4n) is 5.82. The summed E-state index contributed by atoms with van der Waals surface area (Å²) in [5.41, 5.74) is 7.48. The van der Waals surface area contributed by atoms with Crippen molar-refractivity contribution in [2.24, 2.45) is 0 Å². The topological polar surface area (TPSA) is 78.8 Å². The van der Waals surface area contributed by atoms with Crippen LogP contribution in [0.1, 0.15) is 38.0 Å². The Kier molecular flexibility index (Phi) is 8.68. The minimum atomic E-state index is -1.16. The summed E-state index contributed by atoms with van der Waals surface area (Å²) < 4.78 is 7.07. The number of thiazole rings is 1. The Morgan fingerprint density at radius 1 is 0.956 bits per heavy atom. The Balaban J connectivity index is 1.45. The molecule has 1 aliphatic heterocycles. The number of anilines is 1. The summed E-state index contributed by atoms with van der Waals surface area (Å²) in [6.45, 7) is 11.6. The number of aromatic nitrogens is 2. The van der Waals surface area contributed by atoms with Crippen LogP contribution in [0.25, 0.3) is 43.0 Å². The number of benzene rings is 3. The van der Waals surface area contributed by atoms with E-state index in [9.17, 15) is 9.90 Å². The Morgan fingerprint density at radius 3 is 2.36 bits per heavy atom. The predicted octanol–water partition coefficient (Wildman–Crippen LogP) is 8.35. The van der Waals surface area contributed by atoms with Crippen molar-refractivity contribution in [2.75, 3.05) is 38.1 Å². The van der Waals surface area contributed by atoms with Crippen LogP contribution < -0.4 is 4.90 Å². The number of carbonyl (C=O) groups is 1. The molecule has 0 bridgehead atoms. The van der Waals surface area contributed by atoms with E-state index < -0.39 is 17.7 Å². The van der Waals surface area contributed by atoms with E-state index in [1.54, 1.807) is 11.3 Å². The molecule has 0 amide bonds. The number of hydrogen-bond acceptors (Lipinski definition) is 7. The van der Waals surface area contributed by atoms with Crippen LogP contribution >= 0.6 is 22.9 Å². The highest BCUT2D eigenvalue weighted by Crippen LogP contribution is 2.44. The Bertz CT molecular complexity index is 1860. The number of aliphatic carboxylic acids is 1. The quantitative estimate of drug-likeness (QED) is 0.192. The number of fused-ring (bicyclic) bond motifs is 1. The third-order valence-corrected chi connectivity index (χ3v) is 9.44. The fourth-order valence-corrected chi connectivity index (χ4v) is 7.06. The van der Waals surface area contributed by atoms with Crippen LogP contribution in [0.3, 0.4) is 0 Å². The molecule has 1 saturated heterocycles. The molecule has 1 N–H and O–H groups in total. The molecule has 9 heteroatoms. The average molecular weight is 641 g/mol. The Morgan fingerprint density at radius 2 is 1.67 bits per heavy atom. The van der Waals surface area contributed by atoms with Gasteiger partial charge in [-0.3, -0.25) is 4.98 Å². The minimum Gasteiger partial charge on any atom is -0.479 e. The van der Waals surface area contributed by atoms with Crippen molar-refractivity contribution < 1.29 is 14.6 Å². The maximum atomic E-state index is 12.7. The van der Waals surface area contributed by atoms with Gasteiger partial charge in [-0.1, -0.05) is 41.9 Å². The van der Waals surface area contributed by atoms with Crippen LogP contribution in [0.2, 0.25) is 5.02 Å². The Labute approximate surface area is 273 Å². The van der Waals surface area contributed by atoms with E-state index in [0.717, 1.165) is 80.5 Å². The molecular weight excluding hydrogens is 604 g/mol. The lowest BCUT2D eigenvalue weighted by Gasteiger charge is -2.34. The van der Waals surface area contributed by atoms with Crippen molar-refractivity contribution in [1.82, 2.24) is 14.9 Å². The number of ether oxygens (including phenoxy) is 1. The van der Waals surface area contributed by atoms with Gasteiger partial charge in [0.15, 0.2) is 6.10 Å². The zero-order chi connectivity index (χ0) is 31.9. The second-order valence-electron chi connectivity index (χ2n) is 12.6. The predicted molar refractivity (Wildman–Crippen MR) is 184 cm³/mol. The van der Waals surface area contributed by atoms with Gasteiger partial charge in [0.25, 0.3) is 0 Å². The van der Waals surface area contributed by atoms with Gasteiger partial charge in [0.1, 0.15) is 5.01 Å². The number of hydrogen-bond donors (Lipinski definition) is 1. The molecule has 3 heterocycles. The van der Waals surface area contributed by atoms with Gasteiger partial charge in [-0.25, -0.2) is 9.78 Å². The fraction of sp³-hybridized carbons (Fsp3) is 0.306. The summed E-state index contributed by atoms with van der Waals surface area (Å²) in [6.07, 6.45) is 2.69. The first-order valence-corrected chi connectivity index (χ1v) is 16.3. The minimum absolute atomic E-state index is 0.609. The van der Waals surface area contributed by atoms with Crippen molar-refractivity contribution in [3.05, 3.63) is 89.2 Å². The number of carboxylic acids is 1. The van der Waals surface area contributed by atoms with Gasteiger partial charge >= 0.3 is 5.97 Å². The summed E-state index contributed by atoms with van der Waals surface area (Å²) in [7, 11) is 2.16. The highest BCUT2D eigenvalue weighted by Gasteiger charge is 2.32. The lowest BCUT2D eigenvalue weighted by Crippen LogP contribution is -2.44. The van der Waals surface area contributed by atoms with Crippen molar-refractivity contribution in [3.8, 4) is 32.8 Å². The molecule has 0 radical (unpaired) electrons.